The quantitative estimate of drug-likeness (QED) is 0.291. The Labute approximate surface area is 175 Å². The van der Waals surface area contributed by atoms with Crippen LogP contribution >= 0.6 is 0 Å². The summed E-state index contributed by atoms with van der Waals surface area (Å²) < 4.78 is 12.5. The predicted octanol–water partition coefficient (Wildman–Crippen LogP) is 6.37. The Bertz CT molecular complexity index is 677. The van der Waals surface area contributed by atoms with Crippen LogP contribution in [0.2, 0.25) is 0 Å². The van der Waals surface area contributed by atoms with E-state index in [1.54, 1.807) is 12.2 Å². The van der Waals surface area contributed by atoms with Gasteiger partial charge in [-0.05, 0) is 36.1 Å². The molecule has 0 saturated heterocycles. The van der Waals surface area contributed by atoms with E-state index in [2.05, 4.69) is 13.8 Å². The molecule has 1 aromatic rings. The topological polar surface area (TPSA) is 55.8 Å². The Balaban J connectivity index is 2.10. The number of carboxylic acid groups (broad SMARTS) is 1. The van der Waals surface area contributed by atoms with Crippen molar-refractivity contribution < 1.29 is 19.4 Å². The van der Waals surface area contributed by atoms with Gasteiger partial charge in [-0.25, -0.2) is 4.79 Å². The highest BCUT2D eigenvalue weighted by molar-refractivity contribution is 6.00. The number of hydrogen-bond acceptors (Lipinski definition) is 3. The van der Waals surface area contributed by atoms with E-state index in [0.29, 0.717) is 25.2 Å². The van der Waals surface area contributed by atoms with Crippen LogP contribution in [0.5, 0.6) is 0 Å². The Morgan fingerprint density at radius 1 is 0.931 bits per heavy atom. The molecule has 0 radical (unpaired) electrons. The van der Waals surface area contributed by atoms with Crippen LogP contribution in [0, 0.1) is 0 Å². The van der Waals surface area contributed by atoms with Gasteiger partial charge in [-0.15, -0.1) is 0 Å². The molecule has 1 atom stereocenters. The van der Waals surface area contributed by atoms with Gasteiger partial charge in [-0.2, -0.15) is 0 Å². The van der Waals surface area contributed by atoms with E-state index < -0.39 is 11.8 Å². The molecule has 4 nitrogen and oxygen atoms in total. The molecule has 1 unspecified atom stereocenters. The van der Waals surface area contributed by atoms with Crippen molar-refractivity contribution >= 4 is 11.5 Å². The van der Waals surface area contributed by atoms with E-state index in [-0.39, 0.29) is 0 Å². The number of carboxylic acids is 1. The largest absolute Gasteiger partial charge is 0.478 e. The minimum Gasteiger partial charge on any atom is -0.478 e. The van der Waals surface area contributed by atoms with Crippen molar-refractivity contribution in [3.05, 3.63) is 53.6 Å². The van der Waals surface area contributed by atoms with Crippen LogP contribution in [0.3, 0.4) is 0 Å². The molecule has 1 N–H and O–H groups in total. The number of benzene rings is 1. The first-order chi connectivity index (χ1) is 14.1. The zero-order chi connectivity index (χ0) is 21.0. The fraction of sp³-hybridized carbons (Fsp3) is 0.560. The number of ether oxygens (including phenoxy) is 2. The van der Waals surface area contributed by atoms with E-state index in [1.807, 2.05) is 30.3 Å². The smallest absolute Gasteiger partial charge is 0.335 e. The summed E-state index contributed by atoms with van der Waals surface area (Å²) in [5.74, 6) is -1.80. The maximum absolute atomic E-state index is 11.8. The van der Waals surface area contributed by atoms with Gasteiger partial charge >= 0.3 is 5.97 Å². The van der Waals surface area contributed by atoms with Crippen LogP contribution < -0.4 is 0 Å². The van der Waals surface area contributed by atoms with Gasteiger partial charge in [0.05, 0.1) is 18.8 Å². The zero-order valence-electron chi connectivity index (χ0n) is 18.0. The van der Waals surface area contributed by atoms with Gasteiger partial charge < -0.3 is 14.6 Å². The van der Waals surface area contributed by atoms with Crippen molar-refractivity contribution in [1.29, 1.82) is 0 Å². The maximum atomic E-state index is 11.8. The Morgan fingerprint density at radius 2 is 1.55 bits per heavy atom. The van der Waals surface area contributed by atoms with E-state index in [1.165, 1.54) is 25.7 Å². The molecule has 0 bridgehead atoms. The first kappa shape index (κ1) is 23.4. The number of hydrogen-bond donors (Lipinski definition) is 1. The number of carbonyl (C=O) groups is 1. The highest BCUT2D eigenvalue weighted by Gasteiger charge is 2.35. The minimum atomic E-state index is -0.918. The first-order valence-electron chi connectivity index (χ1n) is 11.1. The molecule has 0 spiro atoms. The van der Waals surface area contributed by atoms with Gasteiger partial charge in [0, 0.05) is 6.42 Å². The lowest BCUT2D eigenvalue weighted by Crippen LogP contribution is -2.37. The molecule has 1 aliphatic carbocycles. The van der Waals surface area contributed by atoms with Crippen LogP contribution in [-0.2, 0) is 14.3 Å². The van der Waals surface area contributed by atoms with Gasteiger partial charge in [0.25, 0.3) is 0 Å². The normalized spacial score (nSPS) is 19.0. The second kappa shape index (κ2) is 12.6. The molecule has 0 aromatic heterocycles. The Kier molecular flexibility index (Phi) is 10.2. The standard InChI is InChI=1S/C25H36O4/c1-3-5-7-8-9-13-19-29-25(28-18-6-4-2)17-16-22(24(26)27)23(20-25)21-14-11-10-12-15-21/h10-12,14-17H,3-9,13,18-20H2,1-2H3,(H,26,27). The molecule has 29 heavy (non-hydrogen) atoms. The van der Waals surface area contributed by atoms with Crippen molar-refractivity contribution in [3.8, 4) is 0 Å². The summed E-state index contributed by atoms with van der Waals surface area (Å²) in [6.07, 6.45) is 13.0. The molecule has 2 rings (SSSR count). The van der Waals surface area contributed by atoms with Crippen LogP contribution in [0.25, 0.3) is 5.57 Å². The van der Waals surface area contributed by atoms with Crippen LogP contribution in [-0.4, -0.2) is 30.1 Å². The average molecular weight is 401 g/mol. The molecule has 0 fully saturated rings. The SMILES string of the molecule is CCCCCCCCOC1(OCCCC)C=CC(C(=O)O)=C(c2ccccc2)C1. The summed E-state index contributed by atoms with van der Waals surface area (Å²) in [7, 11) is 0. The number of unbranched alkanes of at least 4 members (excludes halogenated alkanes) is 6. The highest BCUT2D eigenvalue weighted by Crippen LogP contribution is 2.37. The molecule has 0 aliphatic heterocycles. The monoisotopic (exact) mass is 400 g/mol. The van der Waals surface area contributed by atoms with E-state index in [0.717, 1.165) is 36.8 Å². The summed E-state index contributed by atoms with van der Waals surface area (Å²) in [6.45, 7) is 5.57. The van der Waals surface area contributed by atoms with Crippen molar-refractivity contribution in [2.45, 2.75) is 77.4 Å². The first-order valence-corrected chi connectivity index (χ1v) is 11.1. The van der Waals surface area contributed by atoms with Gasteiger partial charge in [0.1, 0.15) is 0 Å². The molecular weight excluding hydrogens is 364 g/mol. The van der Waals surface area contributed by atoms with Crippen LogP contribution in [0.15, 0.2) is 48.1 Å². The summed E-state index contributed by atoms with van der Waals surface area (Å²) >= 11 is 0. The van der Waals surface area contributed by atoms with E-state index in [9.17, 15) is 9.90 Å². The lowest BCUT2D eigenvalue weighted by Gasteiger charge is -2.35. The average Bonchev–Trinajstić information content (AvgIpc) is 2.74. The molecule has 160 valence electrons. The van der Waals surface area contributed by atoms with E-state index in [4.69, 9.17) is 9.47 Å². The van der Waals surface area contributed by atoms with Crippen molar-refractivity contribution in [2.24, 2.45) is 0 Å². The van der Waals surface area contributed by atoms with Gasteiger partial charge in [0.15, 0.2) is 5.79 Å². The fourth-order valence-electron chi connectivity index (χ4n) is 3.57. The van der Waals surface area contributed by atoms with E-state index >= 15 is 0 Å². The third kappa shape index (κ3) is 7.45. The maximum Gasteiger partial charge on any atom is 0.335 e. The number of aliphatic carboxylic acids is 1. The van der Waals surface area contributed by atoms with Crippen LogP contribution in [0.4, 0.5) is 0 Å². The van der Waals surface area contributed by atoms with Gasteiger partial charge in [-0.1, -0.05) is 82.7 Å². The molecule has 4 heteroatoms. The zero-order valence-corrected chi connectivity index (χ0v) is 18.0. The second-order valence-electron chi connectivity index (χ2n) is 7.70. The summed E-state index contributed by atoms with van der Waals surface area (Å²) in [6, 6.07) is 9.68. The fourth-order valence-corrected chi connectivity index (χ4v) is 3.57. The third-order valence-electron chi connectivity index (χ3n) is 5.29. The summed E-state index contributed by atoms with van der Waals surface area (Å²) in [5, 5.41) is 9.68. The summed E-state index contributed by atoms with van der Waals surface area (Å²) in [5.41, 5.74) is 1.98. The molecule has 0 saturated carbocycles. The number of rotatable bonds is 14. The van der Waals surface area contributed by atoms with Crippen molar-refractivity contribution in [3.63, 3.8) is 0 Å². The summed E-state index contributed by atoms with van der Waals surface area (Å²) in [4.78, 5) is 11.8. The Hall–Kier alpha value is -1.91. The molecule has 0 amide bonds. The predicted molar refractivity (Wildman–Crippen MR) is 118 cm³/mol. The molecule has 0 heterocycles. The minimum absolute atomic E-state index is 0.314. The molecular formula is C25H36O4. The van der Waals surface area contributed by atoms with Crippen molar-refractivity contribution in [2.75, 3.05) is 13.2 Å². The van der Waals surface area contributed by atoms with Gasteiger partial charge in [-0.3, -0.25) is 0 Å². The van der Waals surface area contributed by atoms with Crippen molar-refractivity contribution in [1.82, 2.24) is 0 Å². The lowest BCUT2D eigenvalue weighted by atomic mass is 9.88. The lowest BCUT2D eigenvalue weighted by molar-refractivity contribution is -0.202. The molecule has 1 aliphatic rings. The Morgan fingerprint density at radius 3 is 2.21 bits per heavy atom. The van der Waals surface area contributed by atoms with Gasteiger partial charge in [0.2, 0.25) is 0 Å². The second-order valence-corrected chi connectivity index (χ2v) is 7.70. The molecule has 1 aromatic carbocycles. The third-order valence-corrected chi connectivity index (χ3v) is 5.29. The van der Waals surface area contributed by atoms with Crippen LogP contribution in [0.1, 0.15) is 77.2 Å². The highest BCUT2D eigenvalue weighted by atomic mass is 16.7.